The molecule has 3 heterocycles. The molecule has 0 bridgehead atoms. The first-order chi connectivity index (χ1) is 9.66. The zero-order valence-corrected chi connectivity index (χ0v) is 12.3. The van der Waals surface area contributed by atoms with Crippen molar-refractivity contribution in [3.05, 3.63) is 34.9 Å². The van der Waals surface area contributed by atoms with Gasteiger partial charge in [0.1, 0.15) is 0 Å². The lowest BCUT2D eigenvalue weighted by Crippen LogP contribution is -2.39. The predicted molar refractivity (Wildman–Crippen MR) is 75.2 cm³/mol. The van der Waals surface area contributed by atoms with Crippen molar-refractivity contribution in [2.24, 2.45) is 7.05 Å². The topological polar surface area (TPSA) is 59.0 Å². The molecule has 0 aliphatic carbocycles. The van der Waals surface area contributed by atoms with E-state index < -0.39 is 0 Å². The van der Waals surface area contributed by atoms with E-state index in [1.807, 2.05) is 24.1 Å². The number of hydrogen-bond acceptors (Lipinski definition) is 4. The third-order valence-corrected chi connectivity index (χ3v) is 4.15. The molecule has 0 radical (unpaired) electrons. The average molecular weight is 275 g/mol. The first-order valence-electron chi connectivity index (χ1n) is 6.96. The maximum absolute atomic E-state index is 5.65. The molecule has 1 fully saturated rings. The summed E-state index contributed by atoms with van der Waals surface area (Å²) >= 11 is 0. The summed E-state index contributed by atoms with van der Waals surface area (Å²) in [6, 6.07) is 0.242. The Bertz CT molecular complexity index is 588. The number of rotatable bonds is 3. The van der Waals surface area contributed by atoms with E-state index in [-0.39, 0.29) is 6.04 Å². The molecule has 108 valence electrons. The van der Waals surface area contributed by atoms with Gasteiger partial charge < -0.3 is 4.74 Å². The molecule has 6 heteroatoms. The Morgan fingerprint density at radius 1 is 1.40 bits per heavy atom. The molecule has 1 saturated heterocycles. The Kier molecular flexibility index (Phi) is 3.58. The summed E-state index contributed by atoms with van der Waals surface area (Å²) in [5.74, 6) is 0. The highest BCUT2D eigenvalue weighted by Gasteiger charge is 2.27. The molecule has 0 aromatic carbocycles. The number of aryl methyl sites for hydroxylation is 2. The summed E-state index contributed by atoms with van der Waals surface area (Å²) in [4.78, 5) is 2.44. The molecule has 6 nitrogen and oxygen atoms in total. The van der Waals surface area contributed by atoms with Crippen LogP contribution in [-0.2, 0) is 18.3 Å². The van der Waals surface area contributed by atoms with Crippen LogP contribution in [0.1, 0.15) is 28.6 Å². The standard InChI is InChI=1S/C14H21N5O/c1-10-6-15-17-14(10)13-9-20-5-4-19(13)8-12-7-16-18(3)11(12)2/h6-7,13H,4-5,8-9H2,1-3H3,(H,15,17)/t13-/m0/s1. The lowest BCUT2D eigenvalue weighted by molar-refractivity contribution is -0.0145. The van der Waals surface area contributed by atoms with Crippen molar-refractivity contribution in [1.29, 1.82) is 0 Å². The summed E-state index contributed by atoms with van der Waals surface area (Å²) < 4.78 is 7.58. The number of aromatic amines is 1. The molecule has 0 unspecified atom stereocenters. The van der Waals surface area contributed by atoms with Crippen LogP contribution in [0.25, 0.3) is 0 Å². The molecule has 1 aliphatic rings. The summed E-state index contributed by atoms with van der Waals surface area (Å²) in [7, 11) is 1.98. The number of H-pyrrole nitrogens is 1. The molecule has 0 spiro atoms. The van der Waals surface area contributed by atoms with E-state index in [9.17, 15) is 0 Å². The van der Waals surface area contributed by atoms with Crippen LogP contribution >= 0.6 is 0 Å². The summed E-state index contributed by atoms with van der Waals surface area (Å²) in [6.07, 6.45) is 3.83. The summed E-state index contributed by atoms with van der Waals surface area (Å²) in [6.45, 7) is 7.51. The maximum atomic E-state index is 5.65. The minimum Gasteiger partial charge on any atom is -0.378 e. The van der Waals surface area contributed by atoms with Gasteiger partial charge in [-0.3, -0.25) is 14.7 Å². The second-order valence-corrected chi connectivity index (χ2v) is 5.41. The monoisotopic (exact) mass is 275 g/mol. The van der Waals surface area contributed by atoms with Crippen LogP contribution in [-0.4, -0.2) is 44.6 Å². The molecule has 1 aliphatic heterocycles. The number of aromatic nitrogens is 4. The molecule has 0 saturated carbocycles. The molecular formula is C14H21N5O. The number of ether oxygens (including phenoxy) is 1. The fourth-order valence-electron chi connectivity index (χ4n) is 2.71. The van der Waals surface area contributed by atoms with E-state index in [1.54, 1.807) is 0 Å². The van der Waals surface area contributed by atoms with Crippen LogP contribution in [0.15, 0.2) is 12.4 Å². The smallest absolute Gasteiger partial charge is 0.0758 e. The van der Waals surface area contributed by atoms with Gasteiger partial charge in [-0.15, -0.1) is 0 Å². The molecule has 0 amide bonds. The molecule has 1 N–H and O–H groups in total. The first-order valence-corrected chi connectivity index (χ1v) is 6.96. The van der Waals surface area contributed by atoms with Gasteiger partial charge in [0.15, 0.2) is 0 Å². The van der Waals surface area contributed by atoms with Crippen LogP contribution in [0.4, 0.5) is 0 Å². The van der Waals surface area contributed by atoms with Crippen molar-refractivity contribution in [3.63, 3.8) is 0 Å². The van der Waals surface area contributed by atoms with Crippen molar-refractivity contribution in [2.75, 3.05) is 19.8 Å². The van der Waals surface area contributed by atoms with Gasteiger partial charge in [-0.2, -0.15) is 10.2 Å². The quantitative estimate of drug-likeness (QED) is 0.918. The Labute approximate surface area is 118 Å². The van der Waals surface area contributed by atoms with Gasteiger partial charge in [-0.25, -0.2) is 0 Å². The van der Waals surface area contributed by atoms with Crippen LogP contribution in [0.3, 0.4) is 0 Å². The Morgan fingerprint density at radius 3 is 2.90 bits per heavy atom. The van der Waals surface area contributed by atoms with E-state index in [2.05, 4.69) is 34.0 Å². The minimum atomic E-state index is 0.242. The van der Waals surface area contributed by atoms with Crippen molar-refractivity contribution < 1.29 is 4.74 Å². The van der Waals surface area contributed by atoms with E-state index in [0.29, 0.717) is 6.61 Å². The largest absolute Gasteiger partial charge is 0.378 e. The predicted octanol–water partition coefficient (Wildman–Crippen LogP) is 1.33. The van der Waals surface area contributed by atoms with Crippen LogP contribution in [0.5, 0.6) is 0 Å². The number of hydrogen-bond donors (Lipinski definition) is 1. The first kappa shape index (κ1) is 13.3. The highest BCUT2D eigenvalue weighted by atomic mass is 16.5. The van der Waals surface area contributed by atoms with Gasteiger partial charge in [-0.1, -0.05) is 0 Å². The maximum Gasteiger partial charge on any atom is 0.0758 e. The van der Waals surface area contributed by atoms with Gasteiger partial charge in [0.25, 0.3) is 0 Å². The molecule has 2 aromatic heterocycles. The third kappa shape index (κ3) is 2.36. The van der Waals surface area contributed by atoms with Gasteiger partial charge in [0.05, 0.1) is 37.3 Å². The van der Waals surface area contributed by atoms with E-state index >= 15 is 0 Å². The number of nitrogens with one attached hydrogen (secondary N) is 1. The summed E-state index contributed by atoms with van der Waals surface area (Å²) in [5.41, 5.74) is 4.84. The van der Waals surface area contributed by atoms with Gasteiger partial charge in [0, 0.05) is 31.4 Å². The Balaban J connectivity index is 1.83. The molecule has 1 atom stereocenters. The lowest BCUT2D eigenvalue weighted by atomic mass is 10.1. The molecule has 20 heavy (non-hydrogen) atoms. The van der Waals surface area contributed by atoms with Gasteiger partial charge >= 0.3 is 0 Å². The van der Waals surface area contributed by atoms with Crippen LogP contribution in [0.2, 0.25) is 0 Å². The van der Waals surface area contributed by atoms with Crippen molar-refractivity contribution in [3.8, 4) is 0 Å². The zero-order valence-electron chi connectivity index (χ0n) is 12.3. The second kappa shape index (κ2) is 5.38. The van der Waals surface area contributed by atoms with E-state index in [0.717, 1.165) is 25.4 Å². The van der Waals surface area contributed by atoms with Crippen molar-refractivity contribution in [2.45, 2.75) is 26.4 Å². The highest BCUT2D eigenvalue weighted by molar-refractivity contribution is 5.20. The average Bonchev–Trinajstić information content (AvgIpc) is 3.00. The van der Waals surface area contributed by atoms with E-state index in [1.165, 1.54) is 16.8 Å². The molecular weight excluding hydrogens is 254 g/mol. The van der Waals surface area contributed by atoms with Crippen molar-refractivity contribution >= 4 is 0 Å². The number of morpholine rings is 1. The van der Waals surface area contributed by atoms with E-state index in [4.69, 9.17) is 4.74 Å². The lowest BCUT2D eigenvalue weighted by Gasteiger charge is -2.35. The second-order valence-electron chi connectivity index (χ2n) is 5.41. The third-order valence-electron chi connectivity index (χ3n) is 4.15. The Morgan fingerprint density at radius 2 is 2.25 bits per heavy atom. The van der Waals surface area contributed by atoms with Gasteiger partial charge in [0.2, 0.25) is 0 Å². The normalized spacial score (nSPS) is 20.4. The number of nitrogens with zero attached hydrogens (tertiary/aromatic N) is 4. The SMILES string of the molecule is Cc1cn[nH]c1[C@@H]1COCCN1Cc1cnn(C)c1C. The van der Waals surface area contributed by atoms with Crippen LogP contribution in [0, 0.1) is 13.8 Å². The van der Waals surface area contributed by atoms with Crippen molar-refractivity contribution in [1.82, 2.24) is 24.9 Å². The van der Waals surface area contributed by atoms with Crippen LogP contribution < -0.4 is 0 Å². The zero-order chi connectivity index (χ0) is 14.1. The Hall–Kier alpha value is -1.66. The fraction of sp³-hybridized carbons (Fsp3) is 0.571. The summed E-state index contributed by atoms with van der Waals surface area (Å²) in [5, 5.41) is 11.6. The highest BCUT2D eigenvalue weighted by Crippen LogP contribution is 2.27. The van der Waals surface area contributed by atoms with Gasteiger partial charge in [-0.05, 0) is 19.4 Å². The molecule has 3 rings (SSSR count). The molecule has 2 aromatic rings. The fourth-order valence-corrected chi connectivity index (χ4v) is 2.71. The minimum absolute atomic E-state index is 0.242.